The number of hydrogen-bond acceptors (Lipinski definition) is 3. The number of amides is 2. The highest BCUT2D eigenvalue weighted by molar-refractivity contribution is 8.04. The van der Waals surface area contributed by atoms with Crippen molar-refractivity contribution in [3.05, 3.63) is 99.5 Å². The molecule has 150 valence electrons. The van der Waals surface area contributed by atoms with Gasteiger partial charge in [-0.05, 0) is 49.2 Å². The molecule has 4 nitrogen and oxygen atoms in total. The second-order valence-electron chi connectivity index (χ2n) is 7.35. The molecule has 1 aliphatic rings. The highest BCUT2D eigenvalue weighted by Crippen LogP contribution is 2.39. The van der Waals surface area contributed by atoms with Crippen molar-refractivity contribution >= 4 is 35.3 Å². The van der Waals surface area contributed by atoms with E-state index in [9.17, 15) is 9.59 Å². The van der Waals surface area contributed by atoms with E-state index in [1.165, 1.54) is 22.9 Å². The molecule has 0 bridgehead atoms. The lowest BCUT2D eigenvalue weighted by Gasteiger charge is -2.19. The van der Waals surface area contributed by atoms with Crippen molar-refractivity contribution in [3.63, 3.8) is 0 Å². The zero-order valence-electron chi connectivity index (χ0n) is 16.9. The molecule has 0 fully saturated rings. The minimum atomic E-state index is -0.168. The van der Waals surface area contributed by atoms with Gasteiger partial charge in [-0.1, -0.05) is 71.4 Å². The molecule has 0 aromatic heterocycles. The summed E-state index contributed by atoms with van der Waals surface area (Å²) in [6, 6.07) is 21.5. The Hall–Kier alpha value is -3.31. The van der Waals surface area contributed by atoms with Crippen LogP contribution in [-0.2, 0) is 11.3 Å². The number of thioether (sulfide) groups is 1. The minimum Gasteiger partial charge on any atom is -0.348 e. The van der Waals surface area contributed by atoms with Crippen molar-refractivity contribution < 1.29 is 9.59 Å². The molecule has 4 rings (SSSR count). The van der Waals surface area contributed by atoms with Gasteiger partial charge in [-0.3, -0.25) is 9.59 Å². The summed E-state index contributed by atoms with van der Waals surface area (Å²) in [6.45, 7) is 4.52. The maximum atomic E-state index is 12.5. The third-order valence-corrected chi connectivity index (χ3v) is 5.98. The molecule has 0 atom stereocenters. The van der Waals surface area contributed by atoms with Gasteiger partial charge in [0.2, 0.25) is 0 Å². The molecular formula is C25H22N2O2S. The van der Waals surface area contributed by atoms with Gasteiger partial charge < -0.3 is 10.6 Å². The molecule has 1 heterocycles. The Kier molecular flexibility index (Phi) is 5.72. The molecular weight excluding hydrogens is 392 g/mol. The quantitative estimate of drug-likeness (QED) is 0.568. The standard InChI is InChI=1S/C25H22N2O2S/c1-16-3-7-18(8-4-16)13-23-25(29)27-21-14-20(11-12-22(21)30-23)24(28)26-15-19-9-5-17(2)6-10-19/h3-14H,15H2,1-2H3,(H,26,28)(H,27,29). The van der Waals surface area contributed by atoms with E-state index in [4.69, 9.17) is 0 Å². The topological polar surface area (TPSA) is 58.2 Å². The number of aryl methyl sites for hydroxylation is 2. The highest BCUT2D eigenvalue weighted by Gasteiger charge is 2.22. The van der Waals surface area contributed by atoms with Gasteiger partial charge in [0, 0.05) is 17.0 Å². The van der Waals surface area contributed by atoms with Crippen molar-refractivity contribution in [3.8, 4) is 0 Å². The molecule has 1 aliphatic heterocycles. The smallest absolute Gasteiger partial charge is 0.262 e. The van der Waals surface area contributed by atoms with E-state index in [1.54, 1.807) is 12.1 Å². The summed E-state index contributed by atoms with van der Waals surface area (Å²) in [7, 11) is 0. The van der Waals surface area contributed by atoms with Crippen LogP contribution in [0.15, 0.2) is 76.5 Å². The molecule has 3 aromatic carbocycles. The van der Waals surface area contributed by atoms with Gasteiger partial charge in [0.1, 0.15) is 0 Å². The van der Waals surface area contributed by atoms with Gasteiger partial charge in [-0.15, -0.1) is 0 Å². The molecule has 5 heteroatoms. The Morgan fingerprint density at radius 2 is 1.63 bits per heavy atom. The Balaban J connectivity index is 1.47. The first-order valence-corrected chi connectivity index (χ1v) is 10.5. The first kappa shape index (κ1) is 20.0. The molecule has 0 radical (unpaired) electrons. The van der Waals surface area contributed by atoms with Crippen molar-refractivity contribution in [2.75, 3.05) is 5.32 Å². The number of carbonyl (C=O) groups excluding carboxylic acids is 2. The maximum Gasteiger partial charge on any atom is 0.262 e. The first-order chi connectivity index (χ1) is 14.5. The predicted molar refractivity (Wildman–Crippen MR) is 122 cm³/mol. The predicted octanol–water partition coefficient (Wildman–Crippen LogP) is 5.32. The van der Waals surface area contributed by atoms with E-state index in [-0.39, 0.29) is 11.8 Å². The maximum absolute atomic E-state index is 12.5. The Morgan fingerprint density at radius 3 is 2.33 bits per heavy atom. The normalized spacial score (nSPS) is 14.2. The van der Waals surface area contributed by atoms with Crippen LogP contribution in [0.25, 0.3) is 6.08 Å². The zero-order chi connectivity index (χ0) is 21.1. The lowest BCUT2D eigenvalue weighted by molar-refractivity contribution is -0.112. The van der Waals surface area contributed by atoms with E-state index in [2.05, 4.69) is 10.6 Å². The minimum absolute atomic E-state index is 0.162. The van der Waals surface area contributed by atoms with Crippen LogP contribution in [0.4, 0.5) is 5.69 Å². The number of nitrogens with one attached hydrogen (secondary N) is 2. The lowest BCUT2D eigenvalue weighted by atomic mass is 10.1. The Labute approximate surface area is 180 Å². The van der Waals surface area contributed by atoms with Crippen LogP contribution < -0.4 is 10.6 Å². The number of rotatable bonds is 4. The average Bonchev–Trinajstić information content (AvgIpc) is 2.75. The van der Waals surface area contributed by atoms with Gasteiger partial charge in [-0.2, -0.15) is 0 Å². The van der Waals surface area contributed by atoms with E-state index < -0.39 is 0 Å². The SMILES string of the molecule is Cc1ccc(C=C2Sc3ccc(C(=O)NCc4ccc(C)cc4)cc3NC2=O)cc1. The van der Waals surface area contributed by atoms with Crippen LogP contribution in [0.3, 0.4) is 0 Å². The van der Waals surface area contributed by atoms with Gasteiger partial charge in [-0.25, -0.2) is 0 Å². The number of benzene rings is 3. The highest BCUT2D eigenvalue weighted by atomic mass is 32.2. The van der Waals surface area contributed by atoms with Crippen LogP contribution in [-0.4, -0.2) is 11.8 Å². The van der Waals surface area contributed by atoms with Crippen molar-refractivity contribution in [1.82, 2.24) is 5.32 Å². The van der Waals surface area contributed by atoms with Crippen LogP contribution in [0, 0.1) is 13.8 Å². The zero-order valence-corrected chi connectivity index (χ0v) is 17.7. The van der Waals surface area contributed by atoms with Crippen LogP contribution in [0.2, 0.25) is 0 Å². The molecule has 2 amide bonds. The Bertz CT molecular complexity index is 1130. The summed E-state index contributed by atoms with van der Waals surface area (Å²) in [5.41, 5.74) is 5.57. The summed E-state index contributed by atoms with van der Waals surface area (Å²) < 4.78 is 0. The molecule has 0 saturated heterocycles. The molecule has 0 aliphatic carbocycles. The van der Waals surface area contributed by atoms with Crippen LogP contribution >= 0.6 is 11.8 Å². The van der Waals surface area contributed by atoms with Gasteiger partial charge in [0.25, 0.3) is 11.8 Å². The second-order valence-corrected chi connectivity index (χ2v) is 8.44. The molecule has 30 heavy (non-hydrogen) atoms. The number of fused-ring (bicyclic) bond motifs is 1. The summed E-state index contributed by atoms with van der Waals surface area (Å²) in [6.07, 6.45) is 1.88. The summed E-state index contributed by atoms with van der Waals surface area (Å²) in [5.74, 6) is -0.330. The number of hydrogen-bond donors (Lipinski definition) is 2. The third-order valence-electron chi connectivity index (χ3n) is 4.88. The average molecular weight is 415 g/mol. The Morgan fingerprint density at radius 1 is 0.967 bits per heavy atom. The largest absolute Gasteiger partial charge is 0.348 e. The summed E-state index contributed by atoms with van der Waals surface area (Å²) >= 11 is 1.41. The second kappa shape index (κ2) is 8.59. The first-order valence-electron chi connectivity index (χ1n) is 9.73. The lowest BCUT2D eigenvalue weighted by Crippen LogP contribution is -2.23. The number of anilines is 1. The molecule has 3 aromatic rings. The van der Waals surface area contributed by atoms with E-state index in [0.717, 1.165) is 16.0 Å². The molecule has 0 unspecified atom stereocenters. The fourth-order valence-electron chi connectivity index (χ4n) is 3.11. The van der Waals surface area contributed by atoms with Crippen LogP contribution in [0.1, 0.15) is 32.6 Å². The van der Waals surface area contributed by atoms with Gasteiger partial charge in [0.05, 0.1) is 10.6 Å². The monoisotopic (exact) mass is 414 g/mol. The molecule has 0 spiro atoms. The fourth-order valence-corrected chi connectivity index (χ4v) is 4.04. The van der Waals surface area contributed by atoms with Crippen molar-refractivity contribution in [2.24, 2.45) is 0 Å². The van der Waals surface area contributed by atoms with Gasteiger partial charge in [0.15, 0.2) is 0 Å². The fraction of sp³-hybridized carbons (Fsp3) is 0.120. The number of carbonyl (C=O) groups is 2. The summed E-state index contributed by atoms with van der Waals surface area (Å²) in [5, 5.41) is 5.84. The van der Waals surface area contributed by atoms with E-state index >= 15 is 0 Å². The van der Waals surface area contributed by atoms with E-state index in [0.29, 0.717) is 22.7 Å². The summed E-state index contributed by atoms with van der Waals surface area (Å²) in [4.78, 5) is 26.6. The molecule has 2 N–H and O–H groups in total. The van der Waals surface area contributed by atoms with Crippen molar-refractivity contribution in [2.45, 2.75) is 25.3 Å². The van der Waals surface area contributed by atoms with Crippen LogP contribution in [0.5, 0.6) is 0 Å². The third kappa shape index (κ3) is 4.63. The van der Waals surface area contributed by atoms with E-state index in [1.807, 2.05) is 74.5 Å². The molecule has 0 saturated carbocycles. The van der Waals surface area contributed by atoms with Gasteiger partial charge >= 0.3 is 0 Å². The van der Waals surface area contributed by atoms with Crippen molar-refractivity contribution in [1.29, 1.82) is 0 Å².